The summed E-state index contributed by atoms with van der Waals surface area (Å²) in [5.74, 6) is 0.720. The number of halogens is 1. The molecule has 0 fully saturated rings. The van der Waals surface area contributed by atoms with Crippen LogP contribution in [0.3, 0.4) is 0 Å². The molecule has 96 valence electrons. The first kappa shape index (κ1) is 14.0. The van der Waals surface area contributed by atoms with E-state index in [1.54, 1.807) is 0 Å². The maximum atomic E-state index is 8.85. The lowest BCUT2D eigenvalue weighted by atomic mass is 10.1. The monoisotopic (exact) mass is 258 g/mol. The second kappa shape index (κ2) is 6.61. The van der Waals surface area contributed by atoms with Gasteiger partial charge in [0, 0.05) is 19.2 Å². The van der Waals surface area contributed by atoms with Gasteiger partial charge in [-0.25, -0.2) is 4.98 Å². The molecule has 0 bridgehead atoms. The number of nitrogens with zero attached hydrogens (tertiary/aromatic N) is 2. The van der Waals surface area contributed by atoms with Crippen LogP contribution in [0, 0.1) is 6.92 Å². The lowest BCUT2D eigenvalue weighted by Crippen LogP contribution is -2.34. The van der Waals surface area contributed by atoms with E-state index in [-0.39, 0.29) is 17.9 Å². The number of aliphatic hydroxyl groups excluding tert-OH is 1. The zero-order valence-electron chi connectivity index (χ0n) is 10.4. The minimum atomic E-state index is 0.159. The van der Waals surface area contributed by atoms with Crippen LogP contribution in [0.1, 0.15) is 26.0 Å². The Kier molecular flexibility index (Phi) is 5.44. The van der Waals surface area contributed by atoms with Gasteiger partial charge in [0.2, 0.25) is 5.28 Å². The quantitative estimate of drug-likeness (QED) is 0.709. The number of aryl methyl sites for hydroxylation is 1. The predicted octanol–water partition coefficient (Wildman–Crippen LogP) is 2.05. The van der Waals surface area contributed by atoms with Crippen molar-refractivity contribution in [1.82, 2.24) is 9.97 Å². The molecular formula is C11H19ClN4O. The summed E-state index contributed by atoms with van der Waals surface area (Å²) in [6, 6.07) is 0.188. The van der Waals surface area contributed by atoms with Crippen molar-refractivity contribution in [3.8, 4) is 0 Å². The van der Waals surface area contributed by atoms with Crippen LogP contribution in [0.4, 0.5) is 11.5 Å². The average molecular weight is 259 g/mol. The number of hydrogen-bond acceptors (Lipinski definition) is 5. The zero-order valence-corrected chi connectivity index (χ0v) is 11.2. The molecule has 6 heteroatoms. The van der Waals surface area contributed by atoms with E-state index in [4.69, 9.17) is 16.7 Å². The molecule has 2 rings (SSSR count). The molecule has 0 saturated carbocycles. The van der Waals surface area contributed by atoms with Crippen molar-refractivity contribution in [2.75, 3.05) is 23.8 Å². The van der Waals surface area contributed by atoms with E-state index >= 15 is 0 Å². The number of rotatable bonds is 2. The molecule has 1 aromatic heterocycles. The lowest BCUT2D eigenvalue weighted by molar-refractivity contribution is 0.280. The van der Waals surface area contributed by atoms with Gasteiger partial charge < -0.3 is 15.7 Å². The molecule has 0 aliphatic carbocycles. The van der Waals surface area contributed by atoms with E-state index in [2.05, 4.69) is 20.6 Å². The fourth-order valence-corrected chi connectivity index (χ4v) is 1.87. The van der Waals surface area contributed by atoms with Gasteiger partial charge in [0.05, 0.1) is 11.4 Å². The van der Waals surface area contributed by atoms with Crippen LogP contribution in [0.2, 0.25) is 5.28 Å². The van der Waals surface area contributed by atoms with Crippen LogP contribution < -0.4 is 10.6 Å². The van der Waals surface area contributed by atoms with Gasteiger partial charge in [0.1, 0.15) is 0 Å². The molecule has 5 nitrogen and oxygen atoms in total. The van der Waals surface area contributed by atoms with Crippen molar-refractivity contribution in [3.63, 3.8) is 0 Å². The van der Waals surface area contributed by atoms with Crippen molar-refractivity contribution in [3.05, 3.63) is 11.0 Å². The number of aliphatic hydroxyl groups is 1. The third kappa shape index (κ3) is 3.44. The van der Waals surface area contributed by atoms with Gasteiger partial charge in [0.15, 0.2) is 5.82 Å². The summed E-state index contributed by atoms with van der Waals surface area (Å²) < 4.78 is 0. The van der Waals surface area contributed by atoms with E-state index in [1.165, 1.54) is 0 Å². The first-order valence-electron chi connectivity index (χ1n) is 5.86. The van der Waals surface area contributed by atoms with Gasteiger partial charge in [-0.1, -0.05) is 13.8 Å². The third-order valence-electron chi connectivity index (χ3n) is 2.41. The topological polar surface area (TPSA) is 70.1 Å². The highest BCUT2D eigenvalue weighted by atomic mass is 35.5. The van der Waals surface area contributed by atoms with Gasteiger partial charge in [-0.3, -0.25) is 0 Å². The van der Waals surface area contributed by atoms with Gasteiger partial charge in [-0.2, -0.15) is 4.98 Å². The zero-order chi connectivity index (χ0) is 12.8. The van der Waals surface area contributed by atoms with Crippen molar-refractivity contribution in [2.24, 2.45) is 0 Å². The van der Waals surface area contributed by atoms with Gasteiger partial charge in [-0.15, -0.1) is 0 Å². The van der Waals surface area contributed by atoms with E-state index in [0.29, 0.717) is 6.42 Å². The van der Waals surface area contributed by atoms with Gasteiger partial charge >= 0.3 is 0 Å². The Morgan fingerprint density at radius 2 is 2.12 bits per heavy atom. The standard InChI is InChI=1S/C9H13ClN4O.C2H6/c1-5-7-8(14-9(10)12-5)13-6(2-3-15)4-11-7;1-2/h6,11,15H,2-4H2,1H3,(H,12,13,14);1-2H3. The van der Waals surface area contributed by atoms with Crippen LogP contribution >= 0.6 is 11.6 Å². The Hall–Kier alpha value is -1.07. The SMILES string of the molecule is CC.Cc1nc(Cl)nc2c1NCC(CCO)N2. The van der Waals surface area contributed by atoms with Crippen LogP contribution in [0.5, 0.6) is 0 Å². The number of anilines is 2. The molecule has 1 atom stereocenters. The lowest BCUT2D eigenvalue weighted by Gasteiger charge is -2.27. The summed E-state index contributed by atoms with van der Waals surface area (Å²) in [5.41, 5.74) is 1.73. The van der Waals surface area contributed by atoms with Crippen molar-refractivity contribution in [1.29, 1.82) is 0 Å². The van der Waals surface area contributed by atoms with Gasteiger partial charge in [0.25, 0.3) is 0 Å². The normalized spacial score (nSPS) is 17.1. The van der Waals surface area contributed by atoms with E-state index < -0.39 is 0 Å². The summed E-state index contributed by atoms with van der Waals surface area (Å²) in [6.45, 7) is 6.80. The second-order valence-electron chi connectivity index (χ2n) is 3.54. The number of hydrogen-bond donors (Lipinski definition) is 3. The fraction of sp³-hybridized carbons (Fsp3) is 0.636. The van der Waals surface area contributed by atoms with Gasteiger partial charge in [-0.05, 0) is 24.9 Å². The molecule has 0 spiro atoms. The molecule has 0 amide bonds. The minimum Gasteiger partial charge on any atom is -0.396 e. The van der Waals surface area contributed by atoms with E-state index in [9.17, 15) is 0 Å². The molecule has 0 aromatic carbocycles. The molecule has 2 heterocycles. The second-order valence-corrected chi connectivity index (χ2v) is 3.87. The Balaban J connectivity index is 0.000000686. The molecular weight excluding hydrogens is 240 g/mol. The average Bonchev–Trinajstić information content (AvgIpc) is 2.31. The number of aromatic nitrogens is 2. The van der Waals surface area contributed by atoms with Crippen LogP contribution in [-0.4, -0.2) is 34.3 Å². The summed E-state index contributed by atoms with van der Waals surface area (Å²) in [4.78, 5) is 8.17. The highest BCUT2D eigenvalue weighted by Gasteiger charge is 2.20. The highest BCUT2D eigenvalue weighted by Crippen LogP contribution is 2.28. The minimum absolute atomic E-state index is 0.159. The molecule has 1 aromatic rings. The largest absolute Gasteiger partial charge is 0.396 e. The summed E-state index contributed by atoms with van der Waals surface area (Å²) in [6.07, 6.45) is 0.688. The van der Waals surface area contributed by atoms with Crippen LogP contribution in [0.25, 0.3) is 0 Å². The molecule has 17 heavy (non-hydrogen) atoms. The summed E-state index contributed by atoms with van der Waals surface area (Å²) >= 11 is 5.77. The van der Waals surface area contributed by atoms with Crippen molar-refractivity contribution in [2.45, 2.75) is 33.2 Å². The van der Waals surface area contributed by atoms with Crippen molar-refractivity contribution >= 4 is 23.1 Å². The summed E-state index contributed by atoms with van der Waals surface area (Å²) in [5, 5.41) is 15.5. The first-order chi connectivity index (χ1) is 8.20. The Morgan fingerprint density at radius 3 is 2.76 bits per heavy atom. The molecule has 0 saturated heterocycles. The first-order valence-corrected chi connectivity index (χ1v) is 6.24. The third-order valence-corrected chi connectivity index (χ3v) is 2.58. The van der Waals surface area contributed by atoms with E-state index in [1.807, 2.05) is 20.8 Å². The maximum Gasteiger partial charge on any atom is 0.224 e. The number of nitrogens with one attached hydrogen (secondary N) is 2. The fourth-order valence-electron chi connectivity index (χ4n) is 1.65. The molecule has 0 radical (unpaired) electrons. The predicted molar refractivity (Wildman–Crippen MR) is 70.7 cm³/mol. The Bertz CT molecular complexity index is 373. The van der Waals surface area contributed by atoms with Crippen molar-refractivity contribution < 1.29 is 5.11 Å². The molecule has 3 N–H and O–H groups in total. The highest BCUT2D eigenvalue weighted by molar-refractivity contribution is 6.28. The van der Waals surface area contributed by atoms with E-state index in [0.717, 1.165) is 23.7 Å². The smallest absolute Gasteiger partial charge is 0.224 e. The Morgan fingerprint density at radius 1 is 1.41 bits per heavy atom. The molecule has 1 unspecified atom stereocenters. The Labute approximate surface area is 107 Å². The molecule has 1 aliphatic heterocycles. The maximum absolute atomic E-state index is 8.85. The van der Waals surface area contributed by atoms with Crippen LogP contribution in [-0.2, 0) is 0 Å². The van der Waals surface area contributed by atoms with Crippen LogP contribution in [0.15, 0.2) is 0 Å². The molecule has 1 aliphatic rings. The summed E-state index contributed by atoms with van der Waals surface area (Å²) in [7, 11) is 0. The number of fused-ring (bicyclic) bond motifs is 1.